The summed E-state index contributed by atoms with van der Waals surface area (Å²) < 4.78 is 2.38. The number of nitrogens with zero attached hydrogens (tertiary/aromatic N) is 4. The van der Waals surface area contributed by atoms with Crippen molar-refractivity contribution in [2.45, 2.75) is 5.92 Å². The fourth-order valence-corrected chi connectivity index (χ4v) is 9.38. The van der Waals surface area contributed by atoms with Crippen molar-refractivity contribution in [3.63, 3.8) is 0 Å². The normalized spacial score (nSPS) is 12.1. The second-order valence-electron chi connectivity index (χ2n) is 16.0. The monoisotopic (exact) mass is 790 g/mol. The van der Waals surface area contributed by atoms with Crippen molar-refractivity contribution in [1.82, 2.24) is 19.5 Å². The van der Waals surface area contributed by atoms with Crippen molar-refractivity contribution >= 4 is 21.8 Å². The average Bonchev–Trinajstić information content (AvgIpc) is 3.86. The Hall–Kier alpha value is -8.21. The molecule has 0 fully saturated rings. The van der Waals surface area contributed by atoms with E-state index >= 15 is 0 Å². The largest absolute Gasteiger partial charge is 0.309 e. The smallest absolute Gasteiger partial charge is 0.164 e. The summed E-state index contributed by atoms with van der Waals surface area (Å²) in [5, 5.41) is 2.46. The minimum Gasteiger partial charge on any atom is -0.309 e. The van der Waals surface area contributed by atoms with Crippen LogP contribution in [0.1, 0.15) is 22.6 Å². The lowest BCUT2D eigenvalue weighted by Crippen LogP contribution is -2.01. The van der Waals surface area contributed by atoms with Crippen LogP contribution in [0.2, 0.25) is 0 Å². The van der Waals surface area contributed by atoms with Gasteiger partial charge in [0.2, 0.25) is 0 Å². The number of hydrogen-bond acceptors (Lipinski definition) is 3. The van der Waals surface area contributed by atoms with E-state index in [-0.39, 0.29) is 5.92 Å². The molecule has 11 aromatic rings. The second-order valence-corrected chi connectivity index (χ2v) is 16.0. The molecule has 9 aromatic carbocycles. The first-order valence-electron chi connectivity index (χ1n) is 21.1. The Morgan fingerprint density at radius 1 is 0.306 bits per heavy atom. The Labute approximate surface area is 360 Å². The lowest BCUT2D eigenvalue weighted by atomic mass is 9.87. The van der Waals surface area contributed by atoms with Gasteiger partial charge < -0.3 is 4.57 Å². The van der Waals surface area contributed by atoms with Crippen molar-refractivity contribution in [1.29, 1.82) is 0 Å². The standard InChI is InChI=1S/C58H38N4/c1-5-15-38(16-6-1)43-27-32-48-50(35-43)51-36-44(39-17-7-2-8-18-39)28-33-49(51)55(48)45-29-34-54-52(37-45)47-23-13-14-24-53(47)62(54)46-30-25-42(26-31-46)58-60-56(40-19-9-3-10-20-40)59-57(61-58)41-21-11-4-12-22-41/h1-37,55H. The van der Waals surface area contributed by atoms with Crippen molar-refractivity contribution in [3.8, 4) is 73.2 Å². The first-order chi connectivity index (χ1) is 30.7. The van der Waals surface area contributed by atoms with Crippen molar-refractivity contribution in [3.05, 3.63) is 241 Å². The maximum Gasteiger partial charge on any atom is 0.164 e. The molecule has 290 valence electrons. The van der Waals surface area contributed by atoms with E-state index in [0.29, 0.717) is 17.5 Å². The molecular formula is C58H38N4. The van der Waals surface area contributed by atoms with Gasteiger partial charge in [0, 0.05) is 39.1 Å². The number of hydrogen-bond donors (Lipinski definition) is 0. The highest BCUT2D eigenvalue weighted by atomic mass is 15.0. The molecule has 2 aromatic heterocycles. The van der Waals surface area contributed by atoms with Gasteiger partial charge >= 0.3 is 0 Å². The van der Waals surface area contributed by atoms with Crippen molar-refractivity contribution in [2.24, 2.45) is 0 Å². The van der Waals surface area contributed by atoms with Crippen LogP contribution in [0.15, 0.2) is 224 Å². The zero-order valence-corrected chi connectivity index (χ0v) is 33.7. The first kappa shape index (κ1) is 35.7. The van der Waals surface area contributed by atoms with Gasteiger partial charge in [-0.15, -0.1) is 0 Å². The zero-order valence-electron chi connectivity index (χ0n) is 33.7. The molecule has 0 unspecified atom stereocenters. The Balaban J connectivity index is 0.965. The van der Waals surface area contributed by atoms with Gasteiger partial charge in [0.15, 0.2) is 17.5 Å². The molecule has 0 spiro atoms. The van der Waals surface area contributed by atoms with E-state index < -0.39 is 0 Å². The molecule has 0 saturated carbocycles. The third kappa shape index (κ3) is 6.12. The first-order valence-corrected chi connectivity index (χ1v) is 21.1. The fourth-order valence-electron chi connectivity index (χ4n) is 9.38. The minimum absolute atomic E-state index is 0.0994. The quantitative estimate of drug-likeness (QED) is 0.161. The molecule has 0 radical (unpaired) electrons. The number of para-hydroxylation sites is 1. The molecule has 2 heterocycles. The second kappa shape index (κ2) is 14.8. The van der Waals surface area contributed by atoms with Gasteiger partial charge in [0.25, 0.3) is 0 Å². The molecule has 0 saturated heterocycles. The van der Waals surface area contributed by atoms with Crippen LogP contribution in [0.25, 0.3) is 95.0 Å². The van der Waals surface area contributed by atoms with Gasteiger partial charge in [-0.05, 0) is 105 Å². The molecule has 0 aliphatic heterocycles. The van der Waals surface area contributed by atoms with Gasteiger partial charge in [-0.25, -0.2) is 15.0 Å². The molecule has 0 atom stereocenters. The number of rotatable bonds is 7. The summed E-state index contributed by atoms with van der Waals surface area (Å²) in [7, 11) is 0. The van der Waals surface area contributed by atoms with Crippen LogP contribution >= 0.6 is 0 Å². The summed E-state index contributed by atoms with van der Waals surface area (Å²) in [5.41, 5.74) is 17.7. The van der Waals surface area contributed by atoms with Gasteiger partial charge in [-0.1, -0.05) is 170 Å². The Kier molecular flexibility index (Phi) is 8.53. The van der Waals surface area contributed by atoms with Crippen LogP contribution in [-0.2, 0) is 0 Å². The minimum atomic E-state index is 0.0994. The molecule has 0 bridgehead atoms. The van der Waals surface area contributed by atoms with Crippen LogP contribution in [0.4, 0.5) is 0 Å². The molecule has 0 N–H and O–H groups in total. The lowest BCUT2D eigenvalue weighted by Gasteiger charge is -2.16. The van der Waals surface area contributed by atoms with Crippen LogP contribution < -0.4 is 0 Å². The highest BCUT2D eigenvalue weighted by molar-refractivity contribution is 6.09. The molecule has 0 amide bonds. The van der Waals surface area contributed by atoms with Crippen LogP contribution in [-0.4, -0.2) is 19.5 Å². The summed E-state index contributed by atoms with van der Waals surface area (Å²) in [4.78, 5) is 14.9. The summed E-state index contributed by atoms with van der Waals surface area (Å²) in [6.07, 6.45) is 0. The van der Waals surface area contributed by atoms with E-state index in [1.54, 1.807) is 0 Å². The van der Waals surface area contributed by atoms with Crippen LogP contribution in [0.3, 0.4) is 0 Å². The summed E-state index contributed by atoms with van der Waals surface area (Å²) in [6, 6.07) is 80.2. The Bertz CT molecular complexity index is 3280. The highest BCUT2D eigenvalue weighted by Gasteiger charge is 2.31. The SMILES string of the molecule is c1ccc(-c2ccc3c(c2)-c2cc(-c4ccccc4)ccc2C3c2ccc3c(c2)c2ccccc2n3-c2ccc(-c3nc(-c4ccccc4)nc(-c4ccccc4)n3)cc2)cc1. The number of benzene rings is 9. The molecule has 4 nitrogen and oxygen atoms in total. The van der Waals surface area contributed by atoms with E-state index in [2.05, 4.69) is 168 Å². The molecule has 62 heavy (non-hydrogen) atoms. The predicted molar refractivity (Wildman–Crippen MR) is 254 cm³/mol. The Morgan fingerprint density at radius 2 is 0.726 bits per heavy atom. The topological polar surface area (TPSA) is 43.6 Å². The third-order valence-electron chi connectivity index (χ3n) is 12.3. The third-order valence-corrected chi connectivity index (χ3v) is 12.3. The van der Waals surface area contributed by atoms with E-state index in [9.17, 15) is 0 Å². The van der Waals surface area contributed by atoms with E-state index in [1.807, 2.05) is 60.7 Å². The summed E-state index contributed by atoms with van der Waals surface area (Å²) in [5.74, 6) is 2.04. The maximum atomic E-state index is 4.98. The highest BCUT2D eigenvalue weighted by Crippen LogP contribution is 2.51. The molecular weight excluding hydrogens is 753 g/mol. The van der Waals surface area contributed by atoms with Crippen LogP contribution in [0.5, 0.6) is 0 Å². The van der Waals surface area contributed by atoms with E-state index in [4.69, 9.17) is 15.0 Å². The zero-order chi connectivity index (χ0) is 41.0. The average molecular weight is 791 g/mol. The fraction of sp³-hybridized carbons (Fsp3) is 0.0172. The molecule has 1 aliphatic carbocycles. The Morgan fingerprint density at radius 3 is 1.24 bits per heavy atom. The molecule has 12 rings (SSSR count). The maximum absolute atomic E-state index is 4.98. The van der Waals surface area contributed by atoms with Gasteiger partial charge in [0.1, 0.15) is 0 Å². The van der Waals surface area contributed by atoms with Crippen molar-refractivity contribution < 1.29 is 0 Å². The van der Waals surface area contributed by atoms with Gasteiger partial charge in [0.05, 0.1) is 11.0 Å². The number of aromatic nitrogens is 4. The predicted octanol–water partition coefficient (Wildman–Crippen LogP) is 14.5. The lowest BCUT2D eigenvalue weighted by molar-refractivity contribution is 1.02. The summed E-state index contributed by atoms with van der Waals surface area (Å²) in [6.45, 7) is 0. The van der Waals surface area contributed by atoms with Gasteiger partial charge in [-0.3, -0.25) is 0 Å². The van der Waals surface area contributed by atoms with Gasteiger partial charge in [-0.2, -0.15) is 0 Å². The molecule has 1 aliphatic rings. The van der Waals surface area contributed by atoms with Crippen LogP contribution in [0, 0.1) is 0 Å². The van der Waals surface area contributed by atoms with Crippen molar-refractivity contribution in [2.75, 3.05) is 0 Å². The molecule has 4 heteroatoms. The summed E-state index contributed by atoms with van der Waals surface area (Å²) >= 11 is 0. The van der Waals surface area contributed by atoms with E-state index in [1.165, 1.54) is 60.8 Å². The van der Waals surface area contributed by atoms with E-state index in [0.717, 1.165) is 33.4 Å². The number of fused-ring (bicyclic) bond motifs is 6.